The second kappa shape index (κ2) is 8.41. The zero-order chi connectivity index (χ0) is 23.8. The number of amides is 1. The van der Waals surface area contributed by atoms with E-state index in [1.165, 1.54) is 21.5 Å². The van der Waals surface area contributed by atoms with Crippen LogP contribution in [-0.2, 0) is 6.18 Å². The van der Waals surface area contributed by atoms with Gasteiger partial charge < -0.3 is 10.1 Å². The first-order valence-electron chi connectivity index (χ1n) is 9.80. The van der Waals surface area contributed by atoms with Crippen molar-refractivity contribution in [3.63, 3.8) is 0 Å². The molecule has 0 saturated heterocycles. The molecule has 1 N–H and O–H groups in total. The van der Waals surface area contributed by atoms with E-state index in [0.717, 1.165) is 12.1 Å². The van der Waals surface area contributed by atoms with E-state index < -0.39 is 17.6 Å². The fourth-order valence-corrected chi connectivity index (χ4v) is 3.28. The first-order valence-corrected chi connectivity index (χ1v) is 9.80. The molecule has 4 rings (SSSR count). The summed E-state index contributed by atoms with van der Waals surface area (Å²) in [6.07, 6.45) is -4.50. The maximum absolute atomic E-state index is 13.1. The molecular formula is C22H19F3N6O2. The van der Waals surface area contributed by atoms with Crippen LogP contribution in [0.4, 0.5) is 19.0 Å². The summed E-state index contributed by atoms with van der Waals surface area (Å²) < 4.78 is 47.3. The summed E-state index contributed by atoms with van der Waals surface area (Å²) in [4.78, 5) is 12.9. The van der Waals surface area contributed by atoms with E-state index in [-0.39, 0.29) is 17.2 Å². The van der Waals surface area contributed by atoms with Gasteiger partial charge in [0.2, 0.25) is 0 Å². The van der Waals surface area contributed by atoms with E-state index >= 15 is 0 Å². The van der Waals surface area contributed by atoms with Crippen molar-refractivity contribution in [1.82, 2.24) is 24.8 Å². The molecule has 4 aromatic rings. The fourth-order valence-electron chi connectivity index (χ4n) is 3.28. The summed E-state index contributed by atoms with van der Waals surface area (Å²) in [5, 5.41) is 14.9. The molecule has 8 nitrogen and oxygen atoms in total. The minimum absolute atomic E-state index is 0.0697. The van der Waals surface area contributed by atoms with Gasteiger partial charge in [-0.3, -0.25) is 4.79 Å². The summed E-state index contributed by atoms with van der Waals surface area (Å²) in [5.74, 6) is 0.309. The zero-order valence-corrected chi connectivity index (χ0v) is 17.9. The molecule has 0 radical (unpaired) electrons. The molecule has 1 amide bonds. The molecule has 2 aromatic carbocycles. The van der Waals surface area contributed by atoms with E-state index in [1.54, 1.807) is 51.3 Å². The zero-order valence-electron chi connectivity index (χ0n) is 17.9. The maximum Gasteiger partial charge on any atom is 0.416 e. The van der Waals surface area contributed by atoms with Crippen LogP contribution in [0.1, 0.15) is 27.4 Å². The van der Waals surface area contributed by atoms with Gasteiger partial charge in [0.15, 0.2) is 5.69 Å². The molecule has 0 saturated carbocycles. The topological polar surface area (TPSA) is 86.9 Å². The number of rotatable bonds is 5. The van der Waals surface area contributed by atoms with E-state index in [4.69, 9.17) is 4.74 Å². The van der Waals surface area contributed by atoms with Crippen molar-refractivity contribution < 1.29 is 22.7 Å². The number of carbonyl (C=O) groups excluding carboxylic acids is 1. The number of methoxy groups -OCH3 is 1. The van der Waals surface area contributed by atoms with Gasteiger partial charge in [-0.25, -0.2) is 9.36 Å². The average Bonchev–Trinajstić information content (AvgIpc) is 3.35. The van der Waals surface area contributed by atoms with Gasteiger partial charge in [0.25, 0.3) is 5.91 Å². The number of ether oxygens (including phenoxy) is 1. The van der Waals surface area contributed by atoms with Gasteiger partial charge in [-0.2, -0.15) is 18.3 Å². The summed E-state index contributed by atoms with van der Waals surface area (Å²) in [5.41, 5.74) is 1.10. The van der Waals surface area contributed by atoms with E-state index in [1.807, 2.05) is 0 Å². The number of alkyl halides is 3. The minimum Gasteiger partial charge on any atom is -0.497 e. The van der Waals surface area contributed by atoms with Crippen molar-refractivity contribution in [3.8, 4) is 17.1 Å². The fraction of sp³-hybridized carbons (Fsp3) is 0.182. The Morgan fingerprint density at radius 1 is 1.00 bits per heavy atom. The first-order chi connectivity index (χ1) is 15.7. The number of nitrogens with zero attached hydrogens (tertiary/aromatic N) is 5. The van der Waals surface area contributed by atoms with Crippen LogP contribution < -0.4 is 10.1 Å². The van der Waals surface area contributed by atoms with Crippen LogP contribution in [-0.4, -0.2) is 37.8 Å². The smallest absolute Gasteiger partial charge is 0.416 e. The Labute approximate surface area is 186 Å². The maximum atomic E-state index is 13.1. The molecule has 2 aromatic heterocycles. The van der Waals surface area contributed by atoms with Crippen molar-refractivity contribution >= 4 is 11.7 Å². The summed E-state index contributed by atoms with van der Waals surface area (Å²) in [7, 11) is 1.56. The standard InChI is InChI=1S/C22H19F3N6O2/c1-13-11-19(31(28-13)17-6-4-5-15(12-17)22(23,24)25)26-21(32)20-14(2)30(29-27-20)16-7-9-18(33-3)10-8-16/h4-12H,1-3H3,(H,26,32). The van der Waals surface area contributed by atoms with Crippen molar-refractivity contribution in [2.75, 3.05) is 12.4 Å². The molecule has 0 atom stereocenters. The van der Waals surface area contributed by atoms with Crippen LogP contribution in [0.3, 0.4) is 0 Å². The van der Waals surface area contributed by atoms with Crippen LogP contribution in [0.5, 0.6) is 5.75 Å². The molecule has 0 aliphatic heterocycles. The molecule has 0 aliphatic carbocycles. The lowest BCUT2D eigenvalue weighted by Crippen LogP contribution is -2.17. The molecule has 0 fully saturated rings. The van der Waals surface area contributed by atoms with Gasteiger partial charge in [-0.15, -0.1) is 5.10 Å². The highest BCUT2D eigenvalue weighted by atomic mass is 19.4. The number of benzene rings is 2. The quantitative estimate of drug-likeness (QED) is 0.483. The molecule has 2 heterocycles. The van der Waals surface area contributed by atoms with Gasteiger partial charge in [0, 0.05) is 6.07 Å². The molecule has 11 heteroatoms. The number of nitrogens with one attached hydrogen (secondary N) is 1. The number of hydrogen-bond acceptors (Lipinski definition) is 5. The lowest BCUT2D eigenvalue weighted by atomic mass is 10.2. The summed E-state index contributed by atoms with van der Waals surface area (Å²) >= 11 is 0. The second-order valence-electron chi connectivity index (χ2n) is 7.22. The van der Waals surface area contributed by atoms with Crippen LogP contribution in [0.15, 0.2) is 54.6 Å². The van der Waals surface area contributed by atoms with Crippen LogP contribution in [0.2, 0.25) is 0 Å². The molecule has 0 unspecified atom stereocenters. The minimum atomic E-state index is -4.50. The Balaban J connectivity index is 1.62. The van der Waals surface area contributed by atoms with Crippen molar-refractivity contribution in [2.45, 2.75) is 20.0 Å². The number of anilines is 1. The SMILES string of the molecule is COc1ccc(-n2nnc(C(=O)Nc3cc(C)nn3-c3cccc(C(F)(F)F)c3)c2C)cc1. The number of aromatic nitrogens is 5. The van der Waals surface area contributed by atoms with Crippen LogP contribution in [0.25, 0.3) is 11.4 Å². The number of halogens is 3. The van der Waals surface area contributed by atoms with E-state index in [9.17, 15) is 18.0 Å². The van der Waals surface area contributed by atoms with Crippen molar-refractivity contribution in [1.29, 1.82) is 0 Å². The van der Waals surface area contributed by atoms with Crippen molar-refractivity contribution in [3.05, 3.63) is 77.2 Å². The second-order valence-corrected chi connectivity index (χ2v) is 7.22. The highest BCUT2D eigenvalue weighted by Crippen LogP contribution is 2.31. The normalized spacial score (nSPS) is 11.5. The third-order valence-corrected chi connectivity index (χ3v) is 4.92. The third-order valence-electron chi connectivity index (χ3n) is 4.92. The molecule has 0 spiro atoms. The van der Waals surface area contributed by atoms with Gasteiger partial charge in [0.1, 0.15) is 11.6 Å². The van der Waals surface area contributed by atoms with Gasteiger partial charge in [-0.05, 0) is 56.3 Å². The highest BCUT2D eigenvalue weighted by Gasteiger charge is 2.31. The molecule has 0 aliphatic rings. The third kappa shape index (κ3) is 4.43. The summed E-state index contributed by atoms with van der Waals surface area (Å²) in [6, 6.07) is 13.3. The Bertz CT molecular complexity index is 1310. The molecule has 170 valence electrons. The predicted molar refractivity (Wildman–Crippen MR) is 114 cm³/mol. The highest BCUT2D eigenvalue weighted by molar-refractivity contribution is 6.03. The Morgan fingerprint density at radius 3 is 2.39 bits per heavy atom. The molecule has 0 bridgehead atoms. The Kier molecular flexibility index (Phi) is 5.62. The van der Waals surface area contributed by atoms with Gasteiger partial charge >= 0.3 is 6.18 Å². The number of carbonyl (C=O) groups is 1. The number of aryl methyl sites for hydroxylation is 1. The average molecular weight is 456 g/mol. The van der Waals surface area contributed by atoms with Gasteiger partial charge in [-0.1, -0.05) is 11.3 Å². The van der Waals surface area contributed by atoms with Crippen LogP contribution in [0, 0.1) is 13.8 Å². The van der Waals surface area contributed by atoms with Crippen LogP contribution >= 0.6 is 0 Å². The Hall–Kier alpha value is -4.15. The van der Waals surface area contributed by atoms with E-state index in [2.05, 4.69) is 20.7 Å². The number of hydrogen-bond donors (Lipinski definition) is 1. The van der Waals surface area contributed by atoms with E-state index in [0.29, 0.717) is 22.8 Å². The van der Waals surface area contributed by atoms with Crippen molar-refractivity contribution in [2.24, 2.45) is 0 Å². The largest absolute Gasteiger partial charge is 0.497 e. The molecule has 33 heavy (non-hydrogen) atoms. The first kappa shape index (κ1) is 22.1. The lowest BCUT2D eigenvalue weighted by Gasteiger charge is -2.11. The lowest BCUT2D eigenvalue weighted by molar-refractivity contribution is -0.137. The predicted octanol–water partition coefficient (Wildman–Crippen LogP) is 4.35. The monoisotopic (exact) mass is 456 g/mol. The van der Waals surface area contributed by atoms with Gasteiger partial charge in [0.05, 0.1) is 35.4 Å². The Morgan fingerprint density at radius 2 is 1.73 bits per heavy atom. The summed E-state index contributed by atoms with van der Waals surface area (Å²) in [6.45, 7) is 3.36. The molecular weight excluding hydrogens is 437 g/mol.